The zero-order valence-electron chi connectivity index (χ0n) is 13.4. The molecule has 0 amide bonds. The summed E-state index contributed by atoms with van der Waals surface area (Å²) < 4.78 is 0. The Labute approximate surface area is 145 Å². The van der Waals surface area contributed by atoms with E-state index in [1.807, 2.05) is 30.3 Å². The molecular formula is C19H18N4O2. The number of nitrogen functional groups attached to an aromatic ring is 2. The fraction of sp³-hybridized carbons (Fsp3) is 0. The van der Waals surface area contributed by atoms with E-state index in [1.54, 1.807) is 30.3 Å². The SMILES string of the molecule is Nc1ccccc1Nc1cccc(C(=O)O)c1Nc1ccccc1N. The van der Waals surface area contributed by atoms with E-state index in [0.717, 1.165) is 0 Å². The first-order chi connectivity index (χ1) is 12.1. The van der Waals surface area contributed by atoms with E-state index in [2.05, 4.69) is 10.6 Å². The third kappa shape index (κ3) is 3.48. The molecule has 0 radical (unpaired) electrons. The van der Waals surface area contributed by atoms with Gasteiger partial charge in [-0.1, -0.05) is 30.3 Å². The average molecular weight is 334 g/mol. The van der Waals surface area contributed by atoms with Crippen LogP contribution in [0.5, 0.6) is 0 Å². The first-order valence-corrected chi connectivity index (χ1v) is 7.65. The number of aromatic carboxylic acids is 1. The van der Waals surface area contributed by atoms with Crippen molar-refractivity contribution in [2.45, 2.75) is 0 Å². The molecule has 3 aromatic rings. The largest absolute Gasteiger partial charge is 0.478 e. The van der Waals surface area contributed by atoms with E-state index < -0.39 is 5.97 Å². The van der Waals surface area contributed by atoms with Crippen molar-refractivity contribution >= 4 is 40.1 Å². The van der Waals surface area contributed by atoms with Gasteiger partial charge < -0.3 is 27.2 Å². The van der Waals surface area contributed by atoms with Gasteiger partial charge >= 0.3 is 5.97 Å². The van der Waals surface area contributed by atoms with Crippen molar-refractivity contribution in [1.82, 2.24) is 0 Å². The summed E-state index contributed by atoms with van der Waals surface area (Å²) in [5, 5.41) is 15.8. The van der Waals surface area contributed by atoms with Crippen molar-refractivity contribution in [2.75, 3.05) is 22.1 Å². The molecule has 0 atom stereocenters. The summed E-state index contributed by atoms with van der Waals surface area (Å²) in [6.07, 6.45) is 0. The predicted molar refractivity (Wildman–Crippen MR) is 102 cm³/mol. The van der Waals surface area contributed by atoms with Gasteiger partial charge in [0.1, 0.15) is 0 Å². The number of carbonyl (C=O) groups is 1. The number of nitrogens with two attached hydrogens (primary N) is 2. The smallest absolute Gasteiger partial charge is 0.337 e. The van der Waals surface area contributed by atoms with Crippen LogP contribution in [0.15, 0.2) is 66.7 Å². The van der Waals surface area contributed by atoms with Crippen LogP contribution < -0.4 is 22.1 Å². The van der Waals surface area contributed by atoms with Crippen LogP contribution >= 0.6 is 0 Å². The summed E-state index contributed by atoms with van der Waals surface area (Å²) in [6, 6.07) is 19.4. The van der Waals surface area contributed by atoms with Crippen molar-refractivity contribution in [1.29, 1.82) is 0 Å². The Balaban J connectivity index is 2.06. The number of hydrogen-bond donors (Lipinski definition) is 5. The Morgan fingerprint density at radius 2 is 1.24 bits per heavy atom. The molecule has 0 spiro atoms. The number of benzene rings is 3. The van der Waals surface area contributed by atoms with Crippen molar-refractivity contribution in [3.8, 4) is 0 Å². The van der Waals surface area contributed by atoms with Crippen LogP contribution in [-0.2, 0) is 0 Å². The first kappa shape index (κ1) is 16.2. The molecule has 0 saturated carbocycles. The molecule has 6 nitrogen and oxygen atoms in total. The Morgan fingerprint density at radius 3 is 1.80 bits per heavy atom. The Hall–Kier alpha value is -3.67. The maximum absolute atomic E-state index is 11.6. The number of carboxylic acid groups (broad SMARTS) is 1. The predicted octanol–water partition coefficient (Wildman–Crippen LogP) is 4.04. The number of nitrogens with one attached hydrogen (secondary N) is 2. The third-order valence-corrected chi connectivity index (χ3v) is 3.75. The first-order valence-electron chi connectivity index (χ1n) is 7.65. The van der Waals surface area contributed by atoms with Gasteiger partial charge in [-0.2, -0.15) is 0 Å². The van der Waals surface area contributed by atoms with Crippen molar-refractivity contribution < 1.29 is 9.90 Å². The Bertz CT molecular complexity index is 925. The quantitative estimate of drug-likeness (QED) is 0.450. The normalized spacial score (nSPS) is 10.2. The number of carboxylic acids is 1. The molecule has 126 valence electrons. The third-order valence-electron chi connectivity index (χ3n) is 3.75. The van der Waals surface area contributed by atoms with E-state index in [9.17, 15) is 9.90 Å². The van der Waals surface area contributed by atoms with Crippen LogP contribution in [0.4, 0.5) is 34.1 Å². The molecule has 3 aromatic carbocycles. The van der Waals surface area contributed by atoms with Crippen LogP contribution in [0.3, 0.4) is 0 Å². The van der Waals surface area contributed by atoms with Gasteiger partial charge in [-0.15, -0.1) is 0 Å². The summed E-state index contributed by atoms with van der Waals surface area (Å²) in [7, 11) is 0. The standard InChI is InChI=1S/C19H18N4O2/c20-13-7-1-3-9-15(13)22-17-11-5-6-12(19(24)25)18(17)23-16-10-4-2-8-14(16)21/h1-11,22-23H,20-21H2,(H,24,25). The van der Waals surface area contributed by atoms with Crippen LogP contribution in [0.1, 0.15) is 10.4 Å². The summed E-state index contributed by atoms with van der Waals surface area (Å²) in [4.78, 5) is 11.6. The molecule has 0 unspecified atom stereocenters. The molecule has 0 aliphatic carbocycles. The fourth-order valence-corrected chi connectivity index (χ4v) is 2.47. The highest BCUT2D eigenvalue weighted by molar-refractivity contribution is 6.00. The molecule has 0 aliphatic rings. The summed E-state index contributed by atoms with van der Waals surface area (Å²) in [6.45, 7) is 0. The van der Waals surface area contributed by atoms with Crippen molar-refractivity contribution in [3.63, 3.8) is 0 Å². The van der Waals surface area contributed by atoms with Crippen molar-refractivity contribution in [2.24, 2.45) is 0 Å². The van der Waals surface area contributed by atoms with E-state index in [4.69, 9.17) is 11.5 Å². The van der Waals surface area contributed by atoms with Gasteiger partial charge in [0.05, 0.1) is 39.7 Å². The van der Waals surface area contributed by atoms with Gasteiger partial charge in [0.2, 0.25) is 0 Å². The van der Waals surface area contributed by atoms with Gasteiger partial charge in [0.15, 0.2) is 0 Å². The van der Waals surface area contributed by atoms with Crippen LogP contribution in [-0.4, -0.2) is 11.1 Å². The number of rotatable bonds is 5. The number of anilines is 6. The summed E-state index contributed by atoms with van der Waals surface area (Å²) in [5.74, 6) is -1.04. The van der Waals surface area contributed by atoms with Crippen LogP contribution in [0.2, 0.25) is 0 Å². The second-order valence-electron chi connectivity index (χ2n) is 5.46. The topological polar surface area (TPSA) is 113 Å². The minimum atomic E-state index is -1.04. The lowest BCUT2D eigenvalue weighted by Gasteiger charge is -2.18. The molecule has 0 bridgehead atoms. The van der Waals surface area contributed by atoms with Crippen molar-refractivity contribution in [3.05, 3.63) is 72.3 Å². The van der Waals surface area contributed by atoms with Gasteiger partial charge in [0.25, 0.3) is 0 Å². The minimum absolute atomic E-state index is 0.128. The maximum Gasteiger partial charge on any atom is 0.337 e. The summed E-state index contributed by atoms with van der Waals surface area (Å²) in [5.41, 5.74) is 15.5. The molecule has 0 heterocycles. The van der Waals surface area contributed by atoms with Crippen LogP contribution in [0.25, 0.3) is 0 Å². The van der Waals surface area contributed by atoms with Gasteiger partial charge in [-0.05, 0) is 36.4 Å². The molecular weight excluding hydrogens is 316 g/mol. The molecule has 0 aliphatic heterocycles. The maximum atomic E-state index is 11.6. The minimum Gasteiger partial charge on any atom is -0.478 e. The van der Waals surface area contributed by atoms with E-state index in [-0.39, 0.29) is 5.56 Å². The van der Waals surface area contributed by atoms with Gasteiger partial charge in [0, 0.05) is 0 Å². The Kier molecular flexibility index (Phi) is 4.43. The number of hydrogen-bond acceptors (Lipinski definition) is 5. The highest BCUT2D eigenvalue weighted by atomic mass is 16.4. The van der Waals surface area contributed by atoms with E-state index in [0.29, 0.717) is 34.1 Å². The molecule has 0 saturated heterocycles. The molecule has 7 N–H and O–H groups in total. The lowest BCUT2D eigenvalue weighted by atomic mass is 10.1. The monoisotopic (exact) mass is 334 g/mol. The molecule has 3 rings (SSSR count). The second-order valence-corrected chi connectivity index (χ2v) is 5.46. The molecule has 0 fully saturated rings. The van der Waals surface area contributed by atoms with Gasteiger partial charge in [-0.25, -0.2) is 4.79 Å². The van der Waals surface area contributed by atoms with Crippen LogP contribution in [0, 0.1) is 0 Å². The average Bonchev–Trinajstić information content (AvgIpc) is 2.60. The summed E-state index contributed by atoms with van der Waals surface area (Å²) >= 11 is 0. The molecule has 6 heteroatoms. The number of para-hydroxylation sites is 5. The molecule has 25 heavy (non-hydrogen) atoms. The molecule has 0 aromatic heterocycles. The highest BCUT2D eigenvalue weighted by Gasteiger charge is 2.16. The fourth-order valence-electron chi connectivity index (χ4n) is 2.47. The second kappa shape index (κ2) is 6.84. The highest BCUT2D eigenvalue weighted by Crippen LogP contribution is 2.34. The lowest BCUT2D eigenvalue weighted by molar-refractivity contribution is 0.0698. The zero-order chi connectivity index (χ0) is 17.8. The van der Waals surface area contributed by atoms with Gasteiger partial charge in [-0.3, -0.25) is 0 Å². The lowest BCUT2D eigenvalue weighted by Crippen LogP contribution is -2.07. The Morgan fingerprint density at radius 1 is 0.720 bits per heavy atom. The van der Waals surface area contributed by atoms with E-state index in [1.165, 1.54) is 6.07 Å². The van der Waals surface area contributed by atoms with E-state index >= 15 is 0 Å². The zero-order valence-corrected chi connectivity index (χ0v) is 13.4.